The molecule has 11 heteroatoms. The van der Waals surface area contributed by atoms with Gasteiger partial charge in [-0.1, -0.05) is 11.6 Å². The maximum atomic E-state index is 13.9. The quantitative estimate of drug-likeness (QED) is 0.432. The van der Waals surface area contributed by atoms with Crippen LogP contribution in [0.5, 0.6) is 0 Å². The summed E-state index contributed by atoms with van der Waals surface area (Å²) in [5.41, 5.74) is 8.55. The van der Waals surface area contributed by atoms with E-state index in [4.69, 9.17) is 32.0 Å². The number of piperazine rings is 1. The van der Waals surface area contributed by atoms with Crippen LogP contribution in [0.2, 0.25) is 5.02 Å². The van der Waals surface area contributed by atoms with Crippen LogP contribution in [0.3, 0.4) is 0 Å². The van der Waals surface area contributed by atoms with E-state index >= 15 is 0 Å². The first kappa shape index (κ1) is 23.4. The Morgan fingerprint density at radius 1 is 1.03 bits per heavy atom. The third-order valence-electron chi connectivity index (χ3n) is 6.09. The van der Waals surface area contributed by atoms with Crippen LogP contribution in [-0.2, 0) is 4.74 Å². The minimum Gasteiger partial charge on any atom is -0.383 e. The van der Waals surface area contributed by atoms with Gasteiger partial charge in [0, 0.05) is 45.4 Å². The Hall–Kier alpha value is -3.34. The Labute approximate surface area is 205 Å². The van der Waals surface area contributed by atoms with E-state index in [0.717, 1.165) is 32.7 Å². The molecule has 0 saturated carbocycles. The van der Waals surface area contributed by atoms with E-state index in [1.54, 1.807) is 25.3 Å². The maximum Gasteiger partial charge on any atom is 0.228 e. The first-order valence-electron chi connectivity index (χ1n) is 11.2. The molecular formula is C24H24ClF2N7O. The minimum atomic E-state index is -0.525. The molecule has 8 nitrogen and oxygen atoms in total. The molecule has 1 aliphatic rings. The molecule has 0 atom stereocenters. The SMILES string of the molecule is COCCN1CCN(c2nc(-c3ccc(F)c(Cl)c3)c3c(N)n(-c4ccc(F)cc4)nc3n2)CC1. The van der Waals surface area contributed by atoms with Crippen LogP contribution >= 0.6 is 11.6 Å². The van der Waals surface area contributed by atoms with Gasteiger partial charge in [0.1, 0.15) is 17.5 Å². The minimum absolute atomic E-state index is 0.0212. The number of methoxy groups -OCH3 is 1. The van der Waals surface area contributed by atoms with Crippen LogP contribution in [0.4, 0.5) is 20.5 Å². The molecule has 5 rings (SSSR count). The fourth-order valence-electron chi connectivity index (χ4n) is 4.16. The van der Waals surface area contributed by atoms with E-state index < -0.39 is 5.82 Å². The number of nitrogens with zero attached hydrogens (tertiary/aromatic N) is 6. The second kappa shape index (κ2) is 9.73. The molecule has 0 unspecified atom stereocenters. The van der Waals surface area contributed by atoms with Crippen molar-refractivity contribution in [2.45, 2.75) is 0 Å². The third kappa shape index (κ3) is 4.64. The predicted molar refractivity (Wildman–Crippen MR) is 132 cm³/mol. The van der Waals surface area contributed by atoms with Crippen molar-refractivity contribution in [2.75, 3.05) is 57.1 Å². The molecule has 0 spiro atoms. The Balaban J connectivity index is 1.60. The standard InChI is InChI=1S/C24H24ClF2N7O/c1-35-13-12-32-8-10-33(11-9-32)24-29-21(15-2-7-19(27)18(25)14-15)20-22(28)34(31-23(20)30-24)17-5-3-16(26)4-6-17/h2-7,14H,8-13,28H2,1H3. The third-order valence-corrected chi connectivity index (χ3v) is 6.38. The van der Waals surface area contributed by atoms with Crippen molar-refractivity contribution in [2.24, 2.45) is 0 Å². The summed E-state index contributed by atoms with van der Waals surface area (Å²) in [4.78, 5) is 14.0. The van der Waals surface area contributed by atoms with Crippen LogP contribution in [0.1, 0.15) is 0 Å². The highest BCUT2D eigenvalue weighted by molar-refractivity contribution is 6.31. The van der Waals surface area contributed by atoms with Gasteiger partial charge in [-0.3, -0.25) is 4.90 Å². The molecule has 4 aromatic rings. The second-order valence-corrected chi connectivity index (χ2v) is 8.70. The molecule has 2 aromatic carbocycles. The van der Waals surface area contributed by atoms with Gasteiger partial charge in [0.25, 0.3) is 0 Å². The number of nitrogens with two attached hydrogens (primary N) is 1. The van der Waals surface area contributed by atoms with Crippen LogP contribution in [-0.4, -0.2) is 71.1 Å². The lowest BCUT2D eigenvalue weighted by Crippen LogP contribution is -2.47. The molecule has 0 aliphatic carbocycles. The maximum absolute atomic E-state index is 13.9. The molecular weight excluding hydrogens is 476 g/mol. The van der Waals surface area contributed by atoms with Crippen molar-refractivity contribution in [3.8, 4) is 16.9 Å². The van der Waals surface area contributed by atoms with Gasteiger partial charge in [-0.05, 0) is 42.5 Å². The first-order chi connectivity index (χ1) is 16.9. The summed E-state index contributed by atoms with van der Waals surface area (Å²) < 4.78 is 34.1. The number of nitrogen functional groups attached to an aromatic ring is 1. The Morgan fingerprint density at radius 3 is 2.46 bits per heavy atom. The summed E-state index contributed by atoms with van der Waals surface area (Å²) in [5.74, 6) is -0.0958. The highest BCUT2D eigenvalue weighted by Crippen LogP contribution is 2.35. The van der Waals surface area contributed by atoms with E-state index in [0.29, 0.717) is 40.5 Å². The Kier molecular flexibility index (Phi) is 6.50. The van der Waals surface area contributed by atoms with Gasteiger partial charge >= 0.3 is 0 Å². The zero-order valence-electron chi connectivity index (χ0n) is 19.1. The van der Waals surface area contributed by atoms with Gasteiger partial charge in [0.15, 0.2) is 5.65 Å². The summed E-state index contributed by atoms with van der Waals surface area (Å²) in [6, 6.07) is 10.2. The topological polar surface area (TPSA) is 85.3 Å². The molecule has 2 aromatic heterocycles. The van der Waals surface area contributed by atoms with E-state index in [2.05, 4.69) is 14.9 Å². The zero-order chi connectivity index (χ0) is 24.5. The summed E-state index contributed by atoms with van der Waals surface area (Å²) in [7, 11) is 1.69. The number of hydrogen-bond acceptors (Lipinski definition) is 7. The highest BCUT2D eigenvalue weighted by atomic mass is 35.5. The summed E-state index contributed by atoms with van der Waals surface area (Å²) in [6.07, 6.45) is 0. The van der Waals surface area contributed by atoms with Gasteiger partial charge in [-0.2, -0.15) is 4.98 Å². The summed E-state index contributed by atoms with van der Waals surface area (Å²) >= 11 is 6.08. The molecule has 1 fully saturated rings. The first-order valence-corrected chi connectivity index (χ1v) is 11.6. The van der Waals surface area contributed by atoms with E-state index in [1.807, 2.05) is 0 Å². The molecule has 1 aliphatic heterocycles. The lowest BCUT2D eigenvalue weighted by atomic mass is 10.1. The van der Waals surface area contributed by atoms with Crippen molar-refractivity contribution >= 4 is 34.4 Å². The number of halogens is 3. The van der Waals surface area contributed by atoms with E-state index in [9.17, 15) is 8.78 Å². The van der Waals surface area contributed by atoms with E-state index in [1.165, 1.54) is 28.9 Å². The monoisotopic (exact) mass is 499 g/mol. The molecule has 1 saturated heterocycles. The van der Waals surface area contributed by atoms with Gasteiger partial charge in [-0.15, -0.1) is 5.10 Å². The number of ether oxygens (including phenoxy) is 1. The largest absolute Gasteiger partial charge is 0.383 e. The predicted octanol–water partition coefficient (Wildman–Crippen LogP) is 3.76. The van der Waals surface area contributed by atoms with Crippen molar-refractivity contribution < 1.29 is 13.5 Å². The number of anilines is 2. The number of fused-ring (bicyclic) bond motifs is 1. The van der Waals surface area contributed by atoms with Crippen molar-refractivity contribution in [3.05, 3.63) is 59.1 Å². The number of hydrogen-bond donors (Lipinski definition) is 1. The van der Waals surface area contributed by atoms with Gasteiger partial charge in [0.05, 0.1) is 28.4 Å². The highest BCUT2D eigenvalue weighted by Gasteiger charge is 2.24. The van der Waals surface area contributed by atoms with Crippen LogP contribution in [0.15, 0.2) is 42.5 Å². The van der Waals surface area contributed by atoms with Crippen LogP contribution in [0, 0.1) is 11.6 Å². The molecule has 2 N–H and O–H groups in total. The van der Waals surface area contributed by atoms with Crippen molar-refractivity contribution in [1.29, 1.82) is 0 Å². The number of rotatable bonds is 6. The average Bonchev–Trinajstić information content (AvgIpc) is 3.21. The normalized spacial score (nSPS) is 14.7. The van der Waals surface area contributed by atoms with Crippen LogP contribution in [0.25, 0.3) is 28.0 Å². The fraction of sp³-hybridized carbons (Fsp3) is 0.292. The van der Waals surface area contributed by atoms with E-state index in [-0.39, 0.29) is 16.7 Å². The van der Waals surface area contributed by atoms with Crippen molar-refractivity contribution in [3.63, 3.8) is 0 Å². The van der Waals surface area contributed by atoms with Crippen molar-refractivity contribution in [1.82, 2.24) is 24.6 Å². The second-order valence-electron chi connectivity index (χ2n) is 8.29. The summed E-state index contributed by atoms with van der Waals surface area (Å²) in [5, 5.41) is 5.10. The average molecular weight is 500 g/mol. The van der Waals surface area contributed by atoms with Gasteiger partial charge in [0.2, 0.25) is 5.95 Å². The lowest BCUT2D eigenvalue weighted by Gasteiger charge is -2.34. The Morgan fingerprint density at radius 2 is 1.77 bits per heavy atom. The molecule has 0 amide bonds. The smallest absolute Gasteiger partial charge is 0.228 e. The zero-order valence-corrected chi connectivity index (χ0v) is 19.8. The Bertz CT molecular complexity index is 1350. The van der Waals surface area contributed by atoms with Crippen LogP contribution < -0.4 is 10.6 Å². The number of benzene rings is 2. The van der Waals surface area contributed by atoms with Gasteiger partial charge < -0.3 is 15.4 Å². The summed E-state index contributed by atoms with van der Waals surface area (Å²) in [6.45, 7) is 4.68. The molecule has 0 radical (unpaired) electrons. The number of aromatic nitrogens is 4. The molecule has 182 valence electrons. The molecule has 35 heavy (non-hydrogen) atoms. The lowest BCUT2D eigenvalue weighted by molar-refractivity contribution is 0.144. The fourth-order valence-corrected chi connectivity index (χ4v) is 4.35. The molecule has 0 bridgehead atoms. The van der Waals surface area contributed by atoms with Gasteiger partial charge in [-0.25, -0.2) is 18.4 Å². The molecule has 3 heterocycles.